The van der Waals surface area contributed by atoms with Gasteiger partial charge in [-0.2, -0.15) is 5.10 Å². The average Bonchev–Trinajstić information content (AvgIpc) is 3.73. The van der Waals surface area contributed by atoms with Crippen molar-refractivity contribution in [1.82, 2.24) is 18.7 Å². The molecule has 0 saturated heterocycles. The summed E-state index contributed by atoms with van der Waals surface area (Å²) < 4.78 is 11.4. The van der Waals surface area contributed by atoms with Crippen LogP contribution in [-0.4, -0.2) is 31.9 Å². The molecule has 3 aromatic heterocycles. The van der Waals surface area contributed by atoms with Gasteiger partial charge in [-0.3, -0.25) is 5.01 Å². The number of aromatic nitrogens is 6. The quantitative estimate of drug-likeness (QED) is 0.0819. The van der Waals surface area contributed by atoms with Crippen LogP contribution in [0.2, 0.25) is 0 Å². The van der Waals surface area contributed by atoms with Gasteiger partial charge in [-0.25, -0.2) is 23.3 Å². The predicted octanol–water partition coefficient (Wildman–Crippen LogP) is 4.96. The largest absolute Gasteiger partial charge is 0.337 e. The number of hydrazone groups is 1. The number of hydrogen-bond acceptors (Lipinski definition) is 3. The summed E-state index contributed by atoms with van der Waals surface area (Å²) in [6.45, 7) is 4.17. The van der Waals surface area contributed by atoms with Gasteiger partial charge in [0, 0.05) is 26.0 Å². The second-order valence-corrected chi connectivity index (χ2v) is 10.5. The number of para-hydroxylation sites is 3. The molecule has 0 fully saturated rings. The Balaban J connectivity index is 1.09. The molecule has 8 nitrogen and oxygen atoms in total. The molecule has 40 heavy (non-hydrogen) atoms. The average molecular weight is 539 g/mol. The molecule has 0 spiro atoms. The van der Waals surface area contributed by atoms with E-state index in [4.69, 9.17) is 5.10 Å². The van der Waals surface area contributed by atoms with Crippen molar-refractivity contribution in [1.29, 1.82) is 0 Å². The summed E-state index contributed by atoms with van der Waals surface area (Å²) in [7, 11) is 4.12. The summed E-state index contributed by atoms with van der Waals surface area (Å²) in [5.41, 5.74) is 3.56. The van der Waals surface area contributed by atoms with Crippen LogP contribution in [0, 0.1) is 0 Å². The van der Waals surface area contributed by atoms with Crippen LogP contribution in [0.3, 0.4) is 0 Å². The first-order valence-electron chi connectivity index (χ1n) is 14.5. The van der Waals surface area contributed by atoms with Crippen LogP contribution in [-0.2, 0) is 33.2 Å². The standard InChI is InChI=1S/C32H42N8/c1-35-30-16-8-9-17-31(30)40(32(35)26-34-36(2)29-14-6-5-7-15-29)22-11-4-3-10-20-38-24-25-39(28-38)21-13-12-19-37-23-18-33-27-37/h5-9,14-18,23-28H,3-4,10-13,19-22H2,1-2H3/q+2. The molecule has 0 unspecified atom stereocenters. The molecule has 2 aromatic carbocycles. The fraction of sp³-hybridized carbons (Fsp3) is 0.375. The zero-order chi connectivity index (χ0) is 27.6. The van der Waals surface area contributed by atoms with E-state index in [2.05, 4.69) is 90.0 Å². The summed E-state index contributed by atoms with van der Waals surface area (Å²) in [6, 6.07) is 18.9. The van der Waals surface area contributed by atoms with Crippen molar-refractivity contribution in [2.45, 2.75) is 64.7 Å². The third-order valence-electron chi connectivity index (χ3n) is 7.57. The Morgan fingerprint density at radius 2 is 1.60 bits per heavy atom. The summed E-state index contributed by atoms with van der Waals surface area (Å²) in [4.78, 5) is 4.11. The molecule has 0 aliphatic carbocycles. The van der Waals surface area contributed by atoms with Crippen molar-refractivity contribution in [2.75, 3.05) is 12.1 Å². The molecule has 0 bridgehead atoms. The molecule has 0 N–H and O–H groups in total. The number of nitrogens with zero attached hydrogens (tertiary/aromatic N) is 8. The number of anilines is 1. The fourth-order valence-corrected chi connectivity index (χ4v) is 5.27. The van der Waals surface area contributed by atoms with Gasteiger partial charge in [-0.15, -0.1) is 0 Å². The van der Waals surface area contributed by atoms with Crippen molar-refractivity contribution >= 4 is 22.9 Å². The first kappa shape index (κ1) is 27.4. The first-order valence-corrected chi connectivity index (χ1v) is 14.5. The molecule has 3 heterocycles. The Morgan fingerprint density at radius 1 is 0.850 bits per heavy atom. The summed E-state index contributed by atoms with van der Waals surface area (Å²) in [5, 5.41) is 6.69. The molecule has 0 radical (unpaired) electrons. The van der Waals surface area contributed by atoms with Crippen LogP contribution in [0.25, 0.3) is 11.0 Å². The summed E-state index contributed by atoms with van der Waals surface area (Å²) >= 11 is 0. The van der Waals surface area contributed by atoms with Gasteiger partial charge in [0.05, 0.1) is 38.7 Å². The first-order chi connectivity index (χ1) is 19.7. The van der Waals surface area contributed by atoms with E-state index < -0.39 is 0 Å². The highest BCUT2D eigenvalue weighted by atomic mass is 15.4. The highest BCUT2D eigenvalue weighted by Gasteiger charge is 2.20. The van der Waals surface area contributed by atoms with Crippen molar-refractivity contribution in [3.05, 3.63) is 97.9 Å². The normalized spacial score (nSPS) is 11.7. The van der Waals surface area contributed by atoms with Crippen molar-refractivity contribution < 1.29 is 9.13 Å². The zero-order valence-corrected chi connectivity index (χ0v) is 23.9. The lowest BCUT2D eigenvalue weighted by Gasteiger charge is -2.11. The number of unbranched alkanes of at least 4 members (excludes halogenated alkanes) is 4. The van der Waals surface area contributed by atoms with Crippen LogP contribution in [0.4, 0.5) is 5.69 Å². The maximum absolute atomic E-state index is 4.77. The minimum Gasteiger partial charge on any atom is -0.337 e. The van der Waals surface area contributed by atoms with Gasteiger partial charge in [0.25, 0.3) is 0 Å². The van der Waals surface area contributed by atoms with Crippen molar-refractivity contribution in [3.8, 4) is 0 Å². The topological polar surface area (TPSA) is 51.0 Å². The Hall–Kier alpha value is -4.20. The predicted molar refractivity (Wildman–Crippen MR) is 160 cm³/mol. The van der Waals surface area contributed by atoms with E-state index in [9.17, 15) is 0 Å². The third kappa shape index (κ3) is 7.05. The molecule has 8 heteroatoms. The lowest BCUT2D eigenvalue weighted by molar-refractivity contribution is -0.696. The molecule has 0 amide bonds. The van der Waals surface area contributed by atoms with Gasteiger partial charge in [-0.1, -0.05) is 30.3 Å². The second-order valence-electron chi connectivity index (χ2n) is 10.5. The molecule has 0 aliphatic heterocycles. The SMILES string of the molecule is CN(N=Cc1n(CCCCCC[n+]2ccn(CCCCn3ccnc3)c2)c2ccccc2[n+]1C)c1ccccc1. The van der Waals surface area contributed by atoms with Crippen LogP contribution < -0.4 is 14.1 Å². The minimum absolute atomic E-state index is 0.986. The Labute approximate surface area is 237 Å². The molecule has 0 saturated carbocycles. The van der Waals surface area contributed by atoms with Crippen LogP contribution in [0.15, 0.2) is 97.1 Å². The molecule has 5 rings (SSSR count). The Bertz CT molecular complexity index is 1480. The fourth-order valence-electron chi connectivity index (χ4n) is 5.27. The second kappa shape index (κ2) is 13.7. The van der Waals surface area contributed by atoms with Gasteiger partial charge in [-0.05, 0) is 62.8 Å². The van der Waals surface area contributed by atoms with E-state index in [1.165, 1.54) is 43.1 Å². The van der Waals surface area contributed by atoms with Gasteiger partial charge < -0.3 is 4.57 Å². The van der Waals surface area contributed by atoms with Crippen LogP contribution in [0.1, 0.15) is 44.3 Å². The van der Waals surface area contributed by atoms with E-state index >= 15 is 0 Å². The molecular formula is C32H42N8+2. The molecule has 208 valence electrons. The van der Waals surface area contributed by atoms with Gasteiger partial charge in [0.1, 0.15) is 18.6 Å². The minimum atomic E-state index is 0.986. The molecule has 0 atom stereocenters. The maximum atomic E-state index is 4.77. The van der Waals surface area contributed by atoms with E-state index in [0.717, 1.165) is 44.1 Å². The lowest BCUT2D eigenvalue weighted by atomic mass is 10.2. The molecule has 5 aromatic rings. The molecular weight excluding hydrogens is 496 g/mol. The van der Waals surface area contributed by atoms with Crippen LogP contribution >= 0.6 is 0 Å². The Morgan fingerprint density at radius 3 is 2.42 bits per heavy atom. The van der Waals surface area contributed by atoms with Gasteiger partial charge >= 0.3 is 5.82 Å². The Kier molecular flexibility index (Phi) is 9.40. The lowest BCUT2D eigenvalue weighted by Crippen LogP contribution is -2.33. The third-order valence-corrected chi connectivity index (χ3v) is 7.57. The van der Waals surface area contributed by atoms with Crippen molar-refractivity contribution in [3.63, 3.8) is 0 Å². The van der Waals surface area contributed by atoms with E-state index in [1.54, 1.807) is 0 Å². The van der Waals surface area contributed by atoms with Gasteiger partial charge in [0.2, 0.25) is 6.33 Å². The number of benzene rings is 2. The number of rotatable bonds is 15. The van der Waals surface area contributed by atoms with Crippen LogP contribution in [0.5, 0.6) is 0 Å². The maximum Gasteiger partial charge on any atom is 0.302 e. The van der Waals surface area contributed by atoms with Crippen molar-refractivity contribution in [2.24, 2.45) is 12.1 Å². The monoisotopic (exact) mass is 538 g/mol. The number of hydrogen-bond donors (Lipinski definition) is 0. The van der Waals surface area contributed by atoms with Gasteiger partial charge in [0.15, 0.2) is 11.0 Å². The number of imidazole rings is 3. The highest BCUT2D eigenvalue weighted by Crippen LogP contribution is 2.16. The van der Waals surface area contributed by atoms with E-state index in [1.807, 2.05) is 55.2 Å². The van der Waals surface area contributed by atoms with E-state index in [-0.39, 0.29) is 0 Å². The number of fused-ring (bicyclic) bond motifs is 1. The highest BCUT2D eigenvalue weighted by molar-refractivity contribution is 5.81. The summed E-state index contributed by atoms with van der Waals surface area (Å²) in [5.74, 6) is 1.12. The number of aryl methyl sites for hydroxylation is 5. The smallest absolute Gasteiger partial charge is 0.302 e. The molecule has 0 aliphatic rings. The summed E-state index contributed by atoms with van der Waals surface area (Å²) in [6.07, 6.45) is 21.6. The van der Waals surface area contributed by atoms with E-state index in [0.29, 0.717) is 0 Å². The zero-order valence-electron chi connectivity index (χ0n) is 23.9.